The summed E-state index contributed by atoms with van der Waals surface area (Å²) in [7, 11) is 0. The normalized spacial score (nSPS) is 12.8. The molecule has 26 heavy (non-hydrogen) atoms. The van der Waals surface area contributed by atoms with Crippen molar-refractivity contribution in [3.8, 4) is 0 Å². The molecule has 2 aromatic rings. The molecule has 132 valence electrons. The Morgan fingerprint density at radius 2 is 1.65 bits per heavy atom. The van der Waals surface area contributed by atoms with Crippen molar-refractivity contribution in [2.75, 3.05) is 17.6 Å². The van der Waals surface area contributed by atoms with Crippen LogP contribution in [0.1, 0.15) is 27.1 Å². The van der Waals surface area contributed by atoms with Gasteiger partial charge in [0.25, 0.3) is 11.8 Å². The Morgan fingerprint density at radius 3 is 2.31 bits per heavy atom. The first kappa shape index (κ1) is 17.9. The lowest BCUT2D eigenvalue weighted by Gasteiger charge is -2.14. The van der Waals surface area contributed by atoms with Crippen molar-refractivity contribution in [2.45, 2.75) is 11.3 Å². The third kappa shape index (κ3) is 3.70. The summed E-state index contributed by atoms with van der Waals surface area (Å²) in [5.74, 6) is -0.198. The first-order valence-corrected chi connectivity index (χ1v) is 9.18. The average Bonchev–Trinajstić information content (AvgIpc) is 2.90. The maximum absolute atomic E-state index is 12.3. The van der Waals surface area contributed by atoms with E-state index in [1.54, 1.807) is 42.1 Å². The molecule has 0 aliphatic carbocycles. The van der Waals surface area contributed by atoms with Gasteiger partial charge >= 0.3 is 0 Å². The van der Waals surface area contributed by atoms with E-state index >= 15 is 0 Å². The van der Waals surface area contributed by atoms with E-state index < -0.39 is 0 Å². The van der Waals surface area contributed by atoms with Crippen LogP contribution in [0.25, 0.3) is 0 Å². The van der Waals surface area contributed by atoms with Crippen LogP contribution in [0.4, 0.5) is 5.69 Å². The van der Waals surface area contributed by atoms with Crippen LogP contribution >= 0.6 is 11.8 Å². The number of rotatable bonds is 7. The minimum atomic E-state index is -0.347. The molecular formula is C20H18N2O3S. The van der Waals surface area contributed by atoms with Gasteiger partial charge < -0.3 is 5.32 Å². The number of anilines is 1. The van der Waals surface area contributed by atoms with Gasteiger partial charge in [0.05, 0.1) is 16.8 Å². The van der Waals surface area contributed by atoms with E-state index in [0.29, 0.717) is 16.8 Å². The largest absolute Gasteiger partial charge is 0.325 e. The standard InChI is InChI=1S/C20H18N2O3S/c1-2-13-26-17-10-6-5-9-16(17)21-18(23)11-12-22-19(24)14-7-3-4-8-15(14)20(22)25/h2-10H,1,11-13H2,(H,21,23). The molecule has 0 saturated carbocycles. The fourth-order valence-electron chi connectivity index (χ4n) is 2.71. The Balaban J connectivity index is 1.61. The number of nitrogens with one attached hydrogen (secondary N) is 1. The van der Waals surface area contributed by atoms with Crippen molar-refractivity contribution in [1.82, 2.24) is 4.90 Å². The van der Waals surface area contributed by atoms with Gasteiger partial charge in [-0.05, 0) is 24.3 Å². The molecule has 1 heterocycles. The summed E-state index contributed by atoms with van der Waals surface area (Å²) in [5, 5.41) is 2.85. The van der Waals surface area contributed by atoms with Crippen LogP contribution in [-0.4, -0.2) is 34.9 Å². The lowest BCUT2D eigenvalue weighted by molar-refractivity contribution is -0.116. The molecule has 0 atom stereocenters. The van der Waals surface area contributed by atoms with E-state index in [9.17, 15) is 14.4 Å². The highest BCUT2D eigenvalue weighted by atomic mass is 32.2. The zero-order valence-electron chi connectivity index (χ0n) is 14.1. The number of fused-ring (bicyclic) bond motifs is 1. The van der Waals surface area contributed by atoms with Gasteiger partial charge in [0, 0.05) is 23.6 Å². The molecule has 1 aliphatic rings. The summed E-state index contributed by atoms with van der Waals surface area (Å²) in [6, 6.07) is 14.2. The highest BCUT2D eigenvalue weighted by Gasteiger charge is 2.34. The van der Waals surface area contributed by atoms with E-state index in [-0.39, 0.29) is 30.7 Å². The van der Waals surface area contributed by atoms with Crippen molar-refractivity contribution in [1.29, 1.82) is 0 Å². The van der Waals surface area contributed by atoms with Crippen LogP contribution in [-0.2, 0) is 4.79 Å². The predicted molar refractivity (Wildman–Crippen MR) is 102 cm³/mol. The summed E-state index contributed by atoms with van der Waals surface area (Å²) < 4.78 is 0. The number of imide groups is 1. The number of hydrogen-bond acceptors (Lipinski definition) is 4. The molecule has 0 saturated heterocycles. The molecule has 1 N–H and O–H groups in total. The van der Waals surface area contributed by atoms with Crippen LogP contribution in [0.15, 0.2) is 66.1 Å². The number of hydrogen-bond donors (Lipinski definition) is 1. The molecule has 0 radical (unpaired) electrons. The highest BCUT2D eigenvalue weighted by molar-refractivity contribution is 7.99. The molecule has 6 heteroatoms. The first-order chi connectivity index (χ1) is 12.6. The van der Waals surface area contributed by atoms with E-state index in [4.69, 9.17) is 0 Å². The maximum atomic E-state index is 12.3. The summed E-state index contributed by atoms with van der Waals surface area (Å²) >= 11 is 1.57. The van der Waals surface area contributed by atoms with Crippen LogP contribution in [0.2, 0.25) is 0 Å². The second-order valence-corrected chi connectivity index (χ2v) is 6.76. The van der Waals surface area contributed by atoms with Gasteiger partial charge in [0.1, 0.15) is 0 Å². The average molecular weight is 366 g/mol. The second-order valence-electron chi connectivity index (χ2n) is 5.70. The third-order valence-corrected chi connectivity index (χ3v) is 5.03. The molecule has 5 nitrogen and oxygen atoms in total. The Hall–Kier alpha value is -2.86. The Morgan fingerprint density at radius 1 is 1.04 bits per heavy atom. The minimum absolute atomic E-state index is 0.0475. The lowest BCUT2D eigenvalue weighted by atomic mass is 10.1. The molecule has 0 unspecified atom stereocenters. The number of para-hydroxylation sites is 1. The zero-order valence-corrected chi connectivity index (χ0v) is 14.9. The van der Waals surface area contributed by atoms with Crippen molar-refractivity contribution < 1.29 is 14.4 Å². The van der Waals surface area contributed by atoms with E-state index in [1.165, 1.54) is 0 Å². The number of benzene rings is 2. The topological polar surface area (TPSA) is 66.5 Å². The minimum Gasteiger partial charge on any atom is -0.325 e. The molecule has 0 spiro atoms. The second kappa shape index (κ2) is 8.01. The van der Waals surface area contributed by atoms with Crippen molar-refractivity contribution in [3.63, 3.8) is 0 Å². The maximum Gasteiger partial charge on any atom is 0.261 e. The van der Waals surface area contributed by atoms with Gasteiger partial charge in [-0.15, -0.1) is 18.3 Å². The quantitative estimate of drug-likeness (QED) is 0.462. The van der Waals surface area contributed by atoms with Gasteiger partial charge in [0.2, 0.25) is 5.91 Å². The Kier molecular flexibility index (Phi) is 5.53. The first-order valence-electron chi connectivity index (χ1n) is 8.19. The molecule has 0 aromatic heterocycles. The number of thioether (sulfide) groups is 1. The number of amides is 3. The van der Waals surface area contributed by atoms with Gasteiger partial charge in [-0.3, -0.25) is 19.3 Å². The fourth-order valence-corrected chi connectivity index (χ4v) is 3.46. The summed E-state index contributed by atoms with van der Waals surface area (Å²) in [6.07, 6.45) is 1.84. The van der Waals surface area contributed by atoms with Crippen molar-refractivity contribution in [2.24, 2.45) is 0 Å². The van der Waals surface area contributed by atoms with Gasteiger partial charge in [-0.1, -0.05) is 30.3 Å². The van der Waals surface area contributed by atoms with Gasteiger partial charge in [-0.2, -0.15) is 0 Å². The summed E-state index contributed by atoms with van der Waals surface area (Å²) in [6.45, 7) is 3.75. The Labute approximate surface area is 156 Å². The van der Waals surface area contributed by atoms with Crippen LogP contribution < -0.4 is 5.32 Å². The molecule has 0 bridgehead atoms. The Bertz CT molecular complexity index is 844. The SMILES string of the molecule is C=CCSc1ccccc1NC(=O)CCN1C(=O)c2ccccc2C1=O. The smallest absolute Gasteiger partial charge is 0.261 e. The lowest BCUT2D eigenvalue weighted by Crippen LogP contribution is -2.32. The van der Waals surface area contributed by atoms with Crippen LogP contribution in [0.5, 0.6) is 0 Å². The van der Waals surface area contributed by atoms with Gasteiger partial charge in [0.15, 0.2) is 0 Å². The predicted octanol–water partition coefficient (Wildman–Crippen LogP) is 3.59. The fraction of sp³-hybridized carbons (Fsp3) is 0.150. The zero-order chi connectivity index (χ0) is 18.5. The van der Waals surface area contributed by atoms with Crippen LogP contribution in [0.3, 0.4) is 0 Å². The van der Waals surface area contributed by atoms with Crippen molar-refractivity contribution >= 4 is 35.2 Å². The van der Waals surface area contributed by atoms with E-state index in [0.717, 1.165) is 15.5 Å². The van der Waals surface area contributed by atoms with Crippen molar-refractivity contribution in [3.05, 3.63) is 72.3 Å². The van der Waals surface area contributed by atoms with E-state index in [2.05, 4.69) is 11.9 Å². The summed E-state index contributed by atoms with van der Waals surface area (Å²) in [4.78, 5) is 39.0. The number of carbonyl (C=O) groups is 3. The molecule has 3 rings (SSSR count). The molecule has 0 fully saturated rings. The monoisotopic (exact) mass is 366 g/mol. The summed E-state index contributed by atoms with van der Waals surface area (Å²) in [5.41, 5.74) is 1.50. The van der Waals surface area contributed by atoms with Crippen LogP contribution in [0, 0.1) is 0 Å². The number of carbonyl (C=O) groups excluding carboxylic acids is 3. The molecule has 3 amide bonds. The third-order valence-electron chi connectivity index (χ3n) is 3.96. The highest BCUT2D eigenvalue weighted by Crippen LogP contribution is 2.27. The van der Waals surface area contributed by atoms with E-state index in [1.807, 2.05) is 24.3 Å². The number of nitrogens with zero attached hydrogens (tertiary/aromatic N) is 1. The van der Waals surface area contributed by atoms with Gasteiger partial charge in [-0.25, -0.2) is 0 Å². The molecule has 2 aromatic carbocycles. The molecule has 1 aliphatic heterocycles. The molecular weight excluding hydrogens is 348 g/mol.